The third kappa shape index (κ3) is 6.34. The van der Waals surface area contributed by atoms with Crippen molar-refractivity contribution >= 4 is 45.0 Å². The van der Waals surface area contributed by atoms with Crippen LogP contribution < -0.4 is 20.1 Å². The second-order valence-corrected chi connectivity index (χ2v) is 12.9. The summed E-state index contributed by atoms with van der Waals surface area (Å²) in [6.45, 7) is 11.6. The summed E-state index contributed by atoms with van der Waals surface area (Å²) in [4.78, 5) is 21.6. The van der Waals surface area contributed by atoms with Crippen LogP contribution in [0.5, 0.6) is 11.9 Å². The van der Waals surface area contributed by atoms with Crippen molar-refractivity contribution in [2.24, 2.45) is 0 Å². The minimum atomic E-state index is -0.733. The zero-order chi connectivity index (χ0) is 35.9. The molecule has 2 saturated heterocycles. The summed E-state index contributed by atoms with van der Waals surface area (Å²) in [5.74, 6) is -0.677. The minimum absolute atomic E-state index is 0.0444. The molecule has 3 unspecified atom stereocenters. The second-order valence-electron chi connectivity index (χ2n) is 12.5. The van der Waals surface area contributed by atoms with Crippen LogP contribution in [0, 0.1) is 18.6 Å². The van der Waals surface area contributed by atoms with E-state index in [1.165, 1.54) is 26.0 Å². The van der Waals surface area contributed by atoms with Crippen molar-refractivity contribution in [3.05, 3.63) is 52.3 Å². The predicted octanol–water partition coefficient (Wildman–Crippen LogP) is 7.36. The molecular formula is C35H41ClF3N9O2. The molecule has 11 nitrogen and oxygen atoms in total. The summed E-state index contributed by atoms with van der Waals surface area (Å²) in [6, 6.07) is 2.84. The molecular weight excluding hydrogens is 671 g/mol. The highest BCUT2D eigenvalue weighted by atomic mass is 35.5. The number of ether oxygens (including phenoxy) is 2. The molecule has 5 aromatic rings. The number of aryl methyl sites for hydroxylation is 1. The molecule has 15 heteroatoms. The van der Waals surface area contributed by atoms with E-state index >= 15 is 4.39 Å². The van der Waals surface area contributed by atoms with Crippen LogP contribution in [0.25, 0.3) is 33.1 Å². The number of alkyl halides is 1. The first-order chi connectivity index (χ1) is 24.0. The van der Waals surface area contributed by atoms with E-state index in [-0.39, 0.29) is 47.0 Å². The maximum atomic E-state index is 16.5. The maximum absolute atomic E-state index is 16.5. The van der Waals surface area contributed by atoms with Gasteiger partial charge in [-0.05, 0) is 64.3 Å². The highest BCUT2D eigenvalue weighted by Crippen LogP contribution is 2.45. The Bertz CT molecular complexity index is 2020. The van der Waals surface area contributed by atoms with Crippen molar-refractivity contribution in [1.29, 1.82) is 0 Å². The Kier molecular flexibility index (Phi) is 10.2. The molecule has 1 aromatic carbocycles. The number of halogens is 4. The van der Waals surface area contributed by atoms with Crippen LogP contribution >= 0.6 is 11.6 Å². The van der Waals surface area contributed by atoms with E-state index in [1.807, 2.05) is 45.6 Å². The lowest BCUT2D eigenvalue weighted by Gasteiger charge is -2.34. The van der Waals surface area contributed by atoms with Gasteiger partial charge in [-0.15, -0.1) is 0 Å². The molecule has 2 fully saturated rings. The van der Waals surface area contributed by atoms with E-state index in [1.54, 1.807) is 6.20 Å². The molecule has 4 aromatic heterocycles. The Morgan fingerprint density at radius 3 is 2.68 bits per heavy atom. The first kappa shape index (κ1) is 35.4. The molecule has 8 rings (SSSR count). The third-order valence-corrected chi connectivity index (χ3v) is 9.91. The smallest absolute Gasteiger partial charge is 0.318 e. The van der Waals surface area contributed by atoms with Gasteiger partial charge < -0.3 is 20.1 Å². The van der Waals surface area contributed by atoms with Gasteiger partial charge in [0.25, 0.3) is 0 Å². The van der Waals surface area contributed by atoms with Gasteiger partial charge in [0.1, 0.15) is 46.8 Å². The number of fused-ring (bicyclic) bond motifs is 2. The molecule has 4 atom stereocenters. The molecule has 266 valence electrons. The number of anilines is 2. The monoisotopic (exact) mass is 711 g/mol. The maximum Gasteiger partial charge on any atom is 0.318 e. The molecule has 50 heavy (non-hydrogen) atoms. The summed E-state index contributed by atoms with van der Waals surface area (Å²) >= 11 is 6.70. The number of pyridine rings is 2. The number of nitrogens with one attached hydrogen (secondary N) is 1. The van der Waals surface area contributed by atoms with Crippen LogP contribution in [-0.2, 0) is 0 Å². The van der Waals surface area contributed by atoms with Gasteiger partial charge in [-0.1, -0.05) is 25.4 Å². The van der Waals surface area contributed by atoms with E-state index in [4.69, 9.17) is 26.8 Å². The highest BCUT2D eigenvalue weighted by molar-refractivity contribution is 6.35. The molecule has 0 amide bonds. The fraction of sp³-hybridized carbons (Fsp3) is 0.457. The Morgan fingerprint density at radius 2 is 1.94 bits per heavy atom. The first-order valence-corrected chi connectivity index (χ1v) is 17.2. The summed E-state index contributed by atoms with van der Waals surface area (Å²) in [7, 11) is 1.39. The van der Waals surface area contributed by atoms with Crippen molar-refractivity contribution in [1.82, 2.24) is 35.0 Å². The lowest BCUT2D eigenvalue weighted by atomic mass is 10.0. The van der Waals surface area contributed by atoms with Gasteiger partial charge in [-0.25, -0.2) is 23.1 Å². The molecule has 3 aliphatic rings. The molecule has 0 bridgehead atoms. The van der Waals surface area contributed by atoms with Gasteiger partial charge >= 0.3 is 6.01 Å². The van der Waals surface area contributed by atoms with Gasteiger partial charge in [0, 0.05) is 29.1 Å². The Morgan fingerprint density at radius 1 is 1.16 bits per heavy atom. The number of hydrogen-bond donors (Lipinski definition) is 2. The van der Waals surface area contributed by atoms with Gasteiger partial charge in [0.15, 0.2) is 5.82 Å². The molecule has 0 radical (unpaired) electrons. The normalized spacial score (nSPS) is 20.4. The Hall–Kier alpha value is -4.43. The lowest BCUT2D eigenvalue weighted by molar-refractivity contribution is 0.282. The van der Waals surface area contributed by atoms with Crippen molar-refractivity contribution in [2.75, 3.05) is 37.4 Å². The van der Waals surface area contributed by atoms with Crippen LogP contribution in [0.4, 0.5) is 24.8 Å². The number of aromatic nitrogens is 6. The zero-order valence-electron chi connectivity index (χ0n) is 28.9. The van der Waals surface area contributed by atoms with Crippen molar-refractivity contribution in [3.63, 3.8) is 0 Å². The number of rotatable bonds is 4. The van der Waals surface area contributed by atoms with Gasteiger partial charge in [-0.3, -0.25) is 10.00 Å². The van der Waals surface area contributed by atoms with Crippen LogP contribution in [0.1, 0.15) is 64.1 Å². The molecule has 7 heterocycles. The topological polar surface area (TPSA) is 131 Å². The Balaban J connectivity index is 0.000000335. The third-order valence-electron chi connectivity index (χ3n) is 9.42. The van der Waals surface area contributed by atoms with E-state index in [0.29, 0.717) is 51.0 Å². The predicted molar refractivity (Wildman–Crippen MR) is 189 cm³/mol. The van der Waals surface area contributed by atoms with Crippen molar-refractivity contribution in [3.8, 4) is 23.1 Å². The average Bonchev–Trinajstić information content (AvgIpc) is 3.82. The van der Waals surface area contributed by atoms with E-state index < -0.39 is 23.8 Å². The highest BCUT2D eigenvalue weighted by Gasteiger charge is 2.36. The number of aromatic amines is 1. The van der Waals surface area contributed by atoms with Gasteiger partial charge in [0.05, 0.1) is 42.1 Å². The molecule has 0 spiro atoms. The van der Waals surface area contributed by atoms with Crippen LogP contribution in [0.15, 0.2) is 24.5 Å². The van der Waals surface area contributed by atoms with E-state index in [2.05, 4.69) is 35.0 Å². The summed E-state index contributed by atoms with van der Waals surface area (Å²) in [5.41, 5.74) is 8.20. The van der Waals surface area contributed by atoms with E-state index in [9.17, 15) is 8.78 Å². The molecule has 3 aliphatic heterocycles. The number of H-pyrrole nitrogens is 1. The quantitative estimate of drug-likeness (QED) is 0.195. The fourth-order valence-corrected chi connectivity index (χ4v) is 7.36. The molecule has 0 aliphatic carbocycles. The first-order valence-electron chi connectivity index (χ1n) is 16.8. The zero-order valence-corrected chi connectivity index (χ0v) is 29.7. The average molecular weight is 712 g/mol. The molecule has 0 saturated carbocycles. The number of benzene rings is 1. The lowest BCUT2D eigenvalue weighted by Crippen LogP contribution is -2.39. The summed E-state index contributed by atoms with van der Waals surface area (Å²) < 4.78 is 54.7. The van der Waals surface area contributed by atoms with Crippen molar-refractivity contribution < 1.29 is 22.6 Å². The van der Waals surface area contributed by atoms with Gasteiger partial charge in [-0.2, -0.15) is 15.1 Å². The van der Waals surface area contributed by atoms with Crippen LogP contribution in [-0.4, -0.2) is 80.1 Å². The standard InChI is InChI=1S/C26H23ClF2N8O2.C7H12FN.C2H6/c1-10-5-16-15(8-32-36-16)17(19(10)27)21-20(29)22-18-24(35-26(34-22)38-4)37(11(2)9-39-25(18)33-21)12(3)14-6-13(28)7-31-23(14)30;8-6-4-7-2-1-3-9(7)5-6;1-2/h5-8,11-12H,9H2,1-4H3,(H2,30,31)(H,32,36);6-7H,1-5H2;1-2H3/t11-,12?;;/m0../s1. The van der Waals surface area contributed by atoms with E-state index in [0.717, 1.165) is 19.2 Å². The van der Waals surface area contributed by atoms with Crippen LogP contribution in [0.2, 0.25) is 5.02 Å². The van der Waals surface area contributed by atoms with Gasteiger partial charge in [0.2, 0.25) is 5.88 Å². The number of nitrogens with zero attached hydrogens (tertiary/aromatic N) is 7. The second kappa shape index (κ2) is 14.4. The Labute approximate surface area is 293 Å². The SMILES string of the molecule is CC.COc1nc2c3c(nc(-c4c(Cl)c(C)cc5[nH]ncc45)c(F)c3n1)OC[C@H](C)N2C(C)c1cc(F)cnc1N.FC1CC2CCCN2C1. The largest absolute Gasteiger partial charge is 0.475 e. The number of nitrogen functional groups attached to an aromatic ring is 1. The number of methoxy groups -OCH3 is 1. The number of hydrogen-bond acceptors (Lipinski definition) is 10. The number of nitrogens with two attached hydrogens (primary N) is 1. The summed E-state index contributed by atoms with van der Waals surface area (Å²) in [5, 5.41) is 8.15. The van der Waals surface area contributed by atoms with Crippen molar-refractivity contribution in [2.45, 2.75) is 78.2 Å². The minimum Gasteiger partial charge on any atom is -0.475 e. The fourth-order valence-electron chi connectivity index (χ4n) is 7.11. The van der Waals surface area contributed by atoms with Crippen LogP contribution in [0.3, 0.4) is 0 Å². The summed E-state index contributed by atoms with van der Waals surface area (Å²) in [6.07, 6.45) is 5.43. The molecule has 3 N–H and O–H groups in total.